The average molecular weight is 686 g/mol. The molecule has 5 saturated carbocycles. The predicted molar refractivity (Wildman–Crippen MR) is 202 cm³/mol. The summed E-state index contributed by atoms with van der Waals surface area (Å²) in [5.74, 6) is 6.40. The predicted octanol–water partition coefficient (Wildman–Crippen LogP) is 12.4. The molecule has 0 saturated heterocycles. The summed E-state index contributed by atoms with van der Waals surface area (Å²) in [6.45, 7) is 6.35. The zero-order chi connectivity index (χ0) is 34.1. The maximum atomic E-state index is 13.1. The minimum atomic E-state index is 0.0318. The molecule has 5 heteroatoms. The van der Waals surface area contributed by atoms with E-state index >= 15 is 0 Å². The van der Waals surface area contributed by atoms with Crippen LogP contribution in [0.25, 0.3) is 0 Å². The number of hydroxylamine groups is 2. The van der Waals surface area contributed by atoms with Crippen LogP contribution in [0.15, 0.2) is 0 Å². The van der Waals surface area contributed by atoms with Crippen LogP contribution in [0.2, 0.25) is 0 Å². The molecule has 0 radical (unpaired) electrons. The molecule has 0 aromatic heterocycles. The van der Waals surface area contributed by atoms with Gasteiger partial charge in [0.15, 0.2) is 0 Å². The third-order valence-electron chi connectivity index (χ3n) is 14.5. The van der Waals surface area contributed by atoms with E-state index < -0.39 is 0 Å². The molecule has 5 rings (SSSR count). The van der Waals surface area contributed by atoms with Gasteiger partial charge < -0.3 is 4.74 Å². The van der Waals surface area contributed by atoms with Crippen LogP contribution in [0, 0.1) is 47.3 Å². The van der Waals surface area contributed by atoms with E-state index in [1.54, 1.807) is 0 Å². The number of hydrogen-bond donors (Lipinski definition) is 0. The SMILES string of the molecule is CCCCCC1CCC(C2CCC(COON(CCOC(=O)C3CCC(C4CCC(CCCCC)CC4)CC3)C3CCCCC3)CC2)CC1. The Labute approximate surface area is 303 Å². The van der Waals surface area contributed by atoms with Gasteiger partial charge in [0.05, 0.1) is 19.1 Å². The Kier molecular flexibility index (Phi) is 18.1. The van der Waals surface area contributed by atoms with Gasteiger partial charge in [0, 0.05) is 6.04 Å². The highest BCUT2D eigenvalue weighted by Gasteiger charge is 2.34. The van der Waals surface area contributed by atoms with Crippen molar-refractivity contribution in [3.8, 4) is 0 Å². The van der Waals surface area contributed by atoms with Crippen molar-refractivity contribution < 1.29 is 19.4 Å². The van der Waals surface area contributed by atoms with Crippen LogP contribution in [0.3, 0.4) is 0 Å². The lowest BCUT2D eigenvalue weighted by molar-refractivity contribution is -0.442. The molecule has 0 aromatic carbocycles. The Bertz CT molecular complexity index is 858. The first-order valence-electron chi connectivity index (χ1n) is 22.4. The minimum absolute atomic E-state index is 0.0318. The Hall–Kier alpha value is -0.650. The van der Waals surface area contributed by atoms with Gasteiger partial charge in [-0.2, -0.15) is 5.06 Å². The highest BCUT2D eigenvalue weighted by Crippen LogP contribution is 2.44. The van der Waals surface area contributed by atoms with Gasteiger partial charge >= 0.3 is 5.97 Å². The molecular weight excluding hydrogens is 606 g/mol. The second-order valence-corrected chi connectivity index (χ2v) is 17.9. The molecule has 5 aliphatic rings. The molecule has 0 bridgehead atoms. The highest BCUT2D eigenvalue weighted by atomic mass is 17.3. The lowest BCUT2D eigenvalue weighted by atomic mass is 9.68. The third-order valence-corrected chi connectivity index (χ3v) is 14.5. The number of hydrogen-bond acceptors (Lipinski definition) is 5. The third kappa shape index (κ3) is 13.4. The van der Waals surface area contributed by atoms with E-state index in [4.69, 9.17) is 14.6 Å². The molecule has 0 amide bonds. The first-order valence-corrected chi connectivity index (χ1v) is 22.4. The fourth-order valence-electron chi connectivity index (χ4n) is 11.1. The molecule has 0 unspecified atom stereocenters. The second-order valence-electron chi connectivity index (χ2n) is 17.9. The van der Waals surface area contributed by atoms with Gasteiger partial charge in [-0.15, -0.1) is 4.99 Å². The zero-order valence-corrected chi connectivity index (χ0v) is 32.4. The van der Waals surface area contributed by atoms with E-state index in [-0.39, 0.29) is 11.9 Å². The fraction of sp³-hybridized carbons (Fsp3) is 0.977. The Morgan fingerprint density at radius 3 is 1.51 bits per heavy atom. The maximum Gasteiger partial charge on any atom is 0.308 e. The second kappa shape index (κ2) is 22.4. The lowest BCUT2D eigenvalue weighted by Gasteiger charge is -2.38. The van der Waals surface area contributed by atoms with Gasteiger partial charge in [0.25, 0.3) is 0 Å². The van der Waals surface area contributed by atoms with Crippen LogP contribution in [0.1, 0.15) is 200 Å². The van der Waals surface area contributed by atoms with Gasteiger partial charge in [0.1, 0.15) is 6.61 Å². The standard InChI is InChI=1S/C44H79NO4/c1-3-5-8-12-35-16-22-38(23-17-35)40-26-20-37(21-27-40)34-48-49-45(43-14-10-7-11-15-43)32-33-47-44(46)42-30-28-41(29-31-42)39-24-18-36(19-25-39)13-9-6-4-2/h35-43H,3-34H2,1-2H3. The van der Waals surface area contributed by atoms with Crippen LogP contribution in [0.5, 0.6) is 0 Å². The molecule has 0 atom stereocenters. The van der Waals surface area contributed by atoms with Crippen molar-refractivity contribution in [1.82, 2.24) is 5.06 Å². The molecule has 0 heterocycles. The molecule has 5 fully saturated rings. The molecule has 0 N–H and O–H groups in total. The number of carbonyl (C=O) groups is 1. The van der Waals surface area contributed by atoms with Crippen molar-refractivity contribution in [2.24, 2.45) is 47.3 Å². The van der Waals surface area contributed by atoms with E-state index in [1.165, 1.54) is 161 Å². The number of ether oxygens (including phenoxy) is 1. The Balaban J connectivity index is 0.945. The van der Waals surface area contributed by atoms with E-state index in [1.807, 2.05) is 5.06 Å². The normalized spacial score (nSPS) is 33.4. The number of unbranched alkanes of at least 4 members (excludes halogenated alkanes) is 4. The van der Waals surface area contributed by atoms with Crippen molar-refractivity contribution in [3.05, 3.63) is 0 Å². The van der Waals surface area contributed by atoms with E-state index in [2.05, 4.69) is 13.8 Å². The molecule has 0 spiro atoms. The van der Waals surface area contributed by atoms with Crippen molar-refractivity contribution >= 4 is 5.97 Å². The van der Waals surface area contributed by atoms with Gasteiger partial charge in [-0.3, -0.25) is 4.79 Å². The highest BCUT2D eigenvalue weighted by molar-refractivity contribution is 5.72. The zero-order valence-electron chi connectivity index (χ0n) is 32.4. The van der Waals surface area contributed by atoms with Crippen molar-refractivity contribution in [2.75, 3.05) is 19.8 Å². The summed E-state index contributed by atoms with van der Waals surface area (Å²) >= 11 is 0. The van der Waals surface area contributed by atoms with Crippen LogP contribution >= 0.6 is 0 Å². The van der Waals surface area contributed by atoms with Gasteiger partial charge in [-0.05, 0) is 131 Å². The molecule has 5 nitrogen and oxygen atoms in total. The van der Waals surface area contributed by atoms with Crippen molar-refractivity contribution in [2.45, 2.75) is 206 Å². The largest absolute Gasteiger partial charge is 0.464 e. The summed E-state index contributed by atoms with van der Waals surface area (Å²) in [4.78, 5) is 25.2. The van der Waals surface area contributed by atoms with E-state index in [0.29, 0.717) is 31.7 Å². The van der Waals surface area contributed by atoms with E-state index in [9.17, 15) is 4.79 Å². The van der Waals surface area contributed by atoms with Crippen molar-refractivity contribution in [1.29, 1.82) is 0 Å². The molecule has 5 aliphatic carbocycles. The van der Waals surface area contributed by atoms with Crippen LogP contribution in [0.4, 0.5) is 0 Å². The lowest BCUT2D eigenvalue weighted by Crippen LogP contribution is -2.40. The summed E-state index contributed by atoms with van der Waals surface area (Å²) in [6.07, 6.45) is 38.9. The number of rotatable bonds is 19. The number of nitrogens with zero attached hydrogens (tertiary/aromatic N) is 1. The van der Waals surface area contributed by atoms with Crippen LogP contribution in [-0.2, 0) is 19.4 Å². The summed E-state index contributed by atoms with van der Waals surface area (Å²) in [6, 6.07) is 0.373. The molecule has 0 aromatic rings. The van der Waals surface area contributed by atoms with Crippen molar-refractivity contribution in [3.63, 3.8) is 0 Å². The Morgan fingerprint density at radius 1 is 0.551 bits per heavy atom. The smallest absolute Gasteiger partial charge is 0.308 e. The first-order chi connectivity index (χ1) is 24.1. The summed E-state index contributed by atoms with van der Waals surface area (Å²) in [5.41, 5.74) is 0. The molecule has 49 heavy (non-hydrogen) atoms. The number of esters is 1. The van der Waals surface area contributed by atoms with Crippen LogP contribution < -0.4 is 0 Å². The molecule has 0 aliphatic heterocycles. The summed E-state index contributed by atoms with van der Waals surface area (Å²) < 4.78 is 5.92. The molecular formula is C44H79NO4. The quantitative estimate of drug-likeness (QED) is 0.0586. The topological polar surface area (TPSA) is 48.0 Å². The van der Waals surface area contributed by atoms with E-state index in [0.717, 1.165) is 61.2 Å². The monoisotopic (exact) mass is 686 g/mol. The average Bonchev–Trinajstić information content (AvgIpc) is 3.16. The fourth-order valence-corrected chi connectivity index (χ4v) is 11.1. The van der Waals surface area contributed by atoms with Crippen LogP contribution in [-0.4, -0.2) is 36.8 Å². The minimum Gasteiger partial charge on any atom is -0.464 e. The Morgan fingerprint density at radius 2 is 1.02 bits per heavy atom. The first kappa shape index (κ1) is 39.6. The summed E-state index contributed by atoms with van der Waals surface area (Å²) in [5, 5.41) is 2.03. The molecule has 284 valence electrons. The maximum absolute atomic E-state index is 13.1. The van der Waals surface area contributed by atoms with Gasteiger partial charge in [0.2, 0.25) is 0 Å². The van der Waals surface area contributed by atoms with Gasteiger partial charge in [-0.1, -0.05) is 110 Å². The number of carbonyl (C=O) groups excluding carboxylic acids is 1. The summed E-state index contributed by atoms with van der Waals surface area (Å²) in [7, 11) is 0. The van der Waals surface area contributed by atoms with Gasteiger partial charge in [-0.25, -0.2) is 4.89 Å².